The van der Waals surface area contributed by atoms with Crippen LogP contribution in [0.5, 0.6) is 0 Å². The van der Waals surface area contributed by atoms with Crippen molar-refractivity contribution in [3.8, 4) is 0 Å². The van der Waals surface area contributed by atoms with Crippen molar-refractivity contribution in [1.82, 2.24) is 0 Å². The first-order chi connectivity index (χ1) is 15.9. The molecule has 0 heterocycles. The van der Waals surface area contributed by atoms with Gasteiger partial charge in [-0.05, 0) is 0 Å². The third-order valence-electron chi connectivity index (χ3n) is 3.63. The predicted octanol–water partition coefficient (Wildman–Crippen LogP) is 0.752. The Kier molecular flexibility index (Phi) is 30.1. The van der Waals surface area contributed by atoms with E-state index in [0.717, 1.165) is 0 Å². The van der Waals surface area contributed by atoms with E-state index in [1.165, 1.54) is 0 Å². The molecule has 0 atom stereocenters. The van der Waals surface area contributed by atoms with Gasteiger partial charge in [-0.15, -0.1) is 0 Å². The minimum absolute atomic E-state index is 0.118. The first-order valence-electron chi connectivity index (χ1n) is 11.2. The highest BCUT2D eigenvalue weighted by molar-refractivity contribution is 4.38. The van der Waals surface area contributed by atoms with Gasteiger partial charge >= 0.3 is 0 Å². The number of halogens is 1. The van der Waals surface area contributed by atoms with Gasteiger partial charge in [0.2, 0.25) is 0 Å². The molecular weight excluding hydrogens is 431 g/mol. The molecule has 0 bridgehead atoms. The van der Waals surface area contributed by atoms with Crippen LogP contribution in [0.1, 0.15) is 0 Å². The van der Waals surface area contributed by atoms with E-state index < -0.39 is 6.67 Å². The molecule has 0 aromatic carbocycles. The zero-order valence-electron chi connectivity index (χ0n) is 19.6. The molecule has 0 aliphatic carbocycles. The van der Waals surface area contributed by atoms with E-state index in [2.05, 4.69) is 0 Å². The molecule has 0 rings (SSSR count). The molecule has 0 amide bonds. The van der Waals surface area contributed by atoms with Crippen LogP contribution >= 0.6 is 0 Å². The van der Waals surface area contributed by atoms with Crippen molar-refractivity contribution in [2.45, 2.75) is 0 Å². The average molecular weight is 475 g/mol. The minimum Gasteiger partial charge on any atom is -0.382 e. The molecule has 0 unspecified atom stereocenters. The van der Waals surface area contributed by atoms with Crippen molar-refractivity contribution in [2.24, 2.45) is 0 Å². The zero-order valence-corrected chi connectivity index (χ0v) is 19.6. The lowest BCUT2D eigenvalue weighted by atomic mass is 10.6. The number of alkyl halides is 1. The van der Waals surface area contributed by atoms with Gasteiger partial charge in [0.15, 0.2) is 0 Å². The predicted molar refractivity (Wildman–Crippen MR) is 115 cm³/mol. The lowest BCUT2D eigenvalue weighted by Crippen LogP contribution is -2.15. The van der Waals surface area contributed by atoms with Gasteiger partial charge in [0.25, 0.3) is 0 Å². The summed E-state index contributed by atoms with van der Waals surface area (Å²) in [7, 11) is 1.64. The Labute approximate surface area is 191 Å². The maximum Gasteiger partial charge on any atom is 0.113 e. The topological polar surface area (TPSA) is 92.3 Å². The van der Waals surface area contributed by atoms with Crippen LogP contribution in [-0.2, 0) is 47.4 Å². The van der Waals surface area contributed by atoms with Crippen molar-refractivity contribution >= 4 is 0 Å². The Bertz CT molecular complexity index is 299. The van der Waals surface area contributed by atoms with Gasteiger partial charge in [0.1, 0.15) is 6.67 Å². The van der Waals surface area contributed by atoms with E-state index in [9.17, 15) is 4.39 Å². The van der Waals surface area contributed by atoms with Gasteiger partial charge in [-0.2, -0.15) is 0 Å². The molecule has 0 fully saturated rings. The third-order valence-corrected chi connectivity index (χ3v) is 3.63. The van der Waals surface area contributed by atoms with E-state index in [1.54, 1.807) is 7.11 Å². The van der Waals surface area contributed by atoms with Gasteiger partial charge in [-0.1, -0.05) is 0 Å². The van der Waals surface area contributed by atoms with Crippen LogP contribution in [-0.4, -0.2) is 139 Å². The molecule has 0 saturated carbocycles. The first-order valence-corrected chi connectivity index (χ1v) is 11.2. The van der Waals surface area contributed by atoms with Gasteiger partial charge in [0, 0.05) is 7.11 Å². The summed E-state index contributed by atoms with van der Waals surface area (Å²) in [6.07, 6.45) is 0. The summed E-state index contributed by atoms with van der Waals surface area (Å²) in [5, 5.41) is 0. The number of hydrogen-bond donors (Lipinski definition) is 0. The van der Waals surface area contributed by atoms with E-state index in [0.29, 0.717) is 119 Å². The Morgan fingerprint density at radius 1 is 0.312 bits per heavy atom. The number of rotatable bonds is 29. The standard InChI is InChI=1S/C21H43FO10/c1-23-4-5-25-8-9-27-12-13-29-16-17-31-20-21-32-19-18-30-15-14-28-11-10-26-7-6-24-3-2-22/h2-21H2,1H3. The van der Waals surface area contributed by atoms with E-state index >= 15 is 0 Å². The SMILES string of the molecule is COCCOCCOCCOCCOCCOCCOCCOCCOCCOCCF. The molecule has 0 aromatic heterocycles. The van der Waals surface area contributed by atoms with Crippen molar-refractivity contribution in [2.75, 3.05) is 139 Å². The normalized spacial score (nSPS) is 11.4. The molecule has 10 nitrogen and oxygen atoms in total. The molecule has 0 aliphatic heterocycles. The first kappa shape index (κ1) is 31.5. The van der Waals surface area contributed by atoms with Crippen molar-refractivity contribution in [3.05, 3.63) is 0 Å². The molecule has 0 aromatic rings. The number of ether oxygens (including phenoxy) is 10. The Morgan fingerprint density at radius 3 is 0.688 bits per heavy atom. The monoisotopic (exact) mass is 474 g/mol. The lowest BCUT2D eigenvalue weighted by Gasteiger charge is -2.08. The smallest absolute Gasteiger partial charge is 0.113 e. The fourth-order valence-electron chi connectivity index (χ4n) is 2.06. The molecule has 0 saturated heterocycles. The van der Waals surface area contributed by atoms with Gasteiger partial charge in [0.05, 0.1) is 126 Å². The Balaban J connectivity index is 2.98. The molecule has 0 N–H and O–H groups in total. The highest BCUT2D eigenvalue weighted by atomic mass is 19.1. The molecule has 0 radical (unpaired) electrons. The van der Waals surface area contributed by atoms with E-state index in [-0.39, 0.29) is 6.61 Å². The molecular formula is C21H43FO10. The number of hydrogen-bond acceptors (Lipinski definition) is 10. The number of methoxy groups -OCH3 is 1. The van der Waals surface area contributed by atoms with Crippen molar-refractivity contribution < 1.29 is 51.8 Å². The van der Waals surface area contributed by atoms with Crippen LogP contribution in [0.25, 0.3) is 0 Å². The second-order valence-electron chi connectivity index (χ2n) is 6.19. The van der Waals surface area contributed by atoms with E-state index in [1.807, 2.05) is 0 Å². The summed E-state index contributed by atoms with van der Waals surface area (Å²) in [6, 6.07) is 0. The van der Waals surface area contributed by atoms with Crippen molar-refractivity contribution in [1.29, 1.82) is 0 Å². The van der Waals surface area contributed by atoms with Gasteiger partial charge in [-0.3, -0.25) is 0 Å². The quantitative estimate of drug-likeness (QED) is 0.145. The Morgan fingerprint density at radius 2 is 0.500 bits per heavy atom. The molecule has 11 heteroatoms. The maximum absolute atomic E-state index is 11.8. The van der Waals surface area contributed by atoms with Crippen LogP contribution in [0.15, 0.2) is 0 Å². The fraction of sp³-hybridized carbons (Fsp3) is 1.00. The van der Waals surface area contributed by atoms with Crippen LogP contribution in [0.4, 0.5) is 4.39 Å². The minimum atomic E-state index is -0.470. The Hall–Kier alpha value is -0.470. The average Bonchev–Trinajstić information content (AvgIpc) is 2.81. The summed E-state index contributed by atoms with van der Waals surface area (Å²) in [6.45, 7) is 8.88. The van der Waals surface area contributed by atoms with E-state index in [4.69, 9.17) is 47.4 Å². The van der Waals surface area contributed by atoms with Crippen LogP contribution in [0, 0.1) is 0 Å². The summed E-state index contributed by atoms with van der Waals surface area (Å²) < 4.78 is 64.5. The van der Waals surface area contributed by atoms with Gasteiger partial charge < -0.3 is 47.4 Å². The summed E-state index contributed by atoms with van der Waals surface area (Å²) in [5.74, 6) is 0. The zero-order chi connectivity index (χ0) is 23.2. The lowest BCUT2D eigenvalue weighted by molar-refractivity contribution is -0.0260. The second-order valence-corrected chi connectivity index (χ2v) is 6.19. The summed E-state index contributed by atoms with van der Waals surface area (Å²) in [4.78, 5) is 0. The summed E-state index contributed by atoms with van der Waals surface area (Å²) in [5.41, 5.74) is 0. The third kappa shape index (κ3) is 29.5. The second kappa shape index (κ2) is 30.5. The summed E-state index contributed by atoms with van der Waals surface area (Å²) >= 11 is 0. The highest BCUT2D eigenvalue weighted by Crippen LogP contribution is 1.86. The van der Waals surface area contributed by atoms with Crippen molar-refractivity contribution in [3.63, 3.8) is 0 Å². The van der Waals surface area contributed by atoms with Gasteiger partial charge in [-0.25, -0.2) is 4.39 Å². The molecule has 194 valence electrons. The fourth-order valence-corrected chi connectivity index (χ4v) is 2.06. The molecule has 32 heavy (non-hydrogen) atoms. The largest absolute Gasteiger partial charge is 0.382 e. The molecule has 0 spiro atoms. The molecule has 0 aliphatic rings. The maximum atomic E-state index is 11.8. The van der Waals surface area contributed by atoms with Crippen LogP contribution < -0.4 is 0 Å². The van der Waals surface area contributed by atoms with Crippen LogP contribution in [0.3, 0.4) is 0 Å². The highest BCUT2D eigenvalue weighted by Gasteiger charge is 1.95. The van der Waals surface area contributed by atoms with Crippen LogP contribution in [0.2, 0.25) is 0 Å².